The summed E-state index contributed by atoms with van der Waals surface area (Å²) < 4.78 is 0. The van der Waals surface area contributed by atoms with E-state index < -0.39 is 0 Å². The number of aliphatic imine (C=N–C) groups is 1. The first-order valence-electron chi connectivity index (χ1n) is 3.48. The molecule has 12 heavy (non-hydrogen) atoms. The van der Waals surface area contributed by atoms with Crippen LogP contribution < -0.4 is 16.4 Å². The van der Waals surface area contributed by atoms with Crippen molar-refractivity contribution in [1.82, 2.24) is 10.6 Å². The molecule has 68 valence electrons. The molecule has 0 spiro atoms. The number of hydrogen-bond acceptors (Lipinski definition) is 3. The lowest BCUT2D eigenvalue weighted by Crippen LogP contribution is -2.31. The third-order valence-electron chi connectivity index (χ3n) is 1.29. The van der Waals surface area contributed by atoms with Gasteiger partial charge in [-0.15, -0.1) is 0 Å². The van der Waals surface area contributed by atoms with Crippen molar-refractivity contribution >= 4 is 12.2 Å². The molecule has 0 bridgehead atoms. The molecule has 0 aliphatic rings. The summed E-state index contributed by atoms with van der Waals surface area (Å²) in [5.41, 5.74) is 6.53. The Bertz CT molecular complexity index is 215. The van der Waals surface area contributed by atoms with E-state index in [0.717, 1.165) is 0 Å². The highest BCUT2D eigenvalue weighted by Gasteiger charge is 2.04. The molecular weight excluding hydrogens is 156 g/mol. The fourth-order valence-corrected chi connectivity index (χ4v) is 0.776. The van der Waals surface area contributed by atoms with E-state index in [0.29, 0.717) is 23.6 Å². The predicted octanol–water partition coefficient (Wildman–Crippen LogP) is -0.830. The lowest BCUT2D eigenvalue weighted by molar-refractivity contribution is -0.108. The second kappa shape index (κ2) is 5.17. The van der Waals surface area contributed by atoms with E-state index >= 15 is 0 Å². The first-order chi connectivity index (χ1) is 5.67. The summed E-state index contributed by atoms with van der Waals surface area (Å²) in [6.07, 6.45) is 0.564. The number of amidine groups is 1. The van der Waals surface area contributed by atoms with E-state index in [-0.39, 0.29) is 0 Å². The first kappa shape index (κ1) is 10.5. The Labute approximate surface area is 71.7 Å². The minimum absolute atomic E-state index is 0.509. The summed E-state index contributed by atoms with van der Waals surface area (Å²) in [4.78, 5) is 14.1. The molecule has 1 amide bonds. The molecule has 0 unspecified atom stereocenters. The van der Waals surface area contributed by atoms with Crippen LogP contribution in [0, 0.1) is 0 Å². The quantitative estimate of drug-likeness (QED) is 0.294. The van der Waals surface area contributed by atoms with Crippen molar-refractivity contribution in [2.24, 2.45) is 10.7 Å². The van der Waals surface area contributed by atoms with Crippen LogP contribution in [0.25, 0.3) is 0 Å². The number of nitrogens with zero attached hydrogens (tertiary/aromatic N) is 1. The molecule has 5 heteroatoms. The summed E-state index contributed by atoms with van der Waals surface area (Å²) in [6, 6.07) is 0. The summed E-state index contributed by atoms with van der Waals surface area (Å²) in [5.74, 6) is 0.558. The molecule has 0 radical (unpaired) electrons. The van der Waals surface area contributed by atoms with Crippen LogP contribution in [0.5, 0.6) is 0 Å². The zero-order valence-electron chi connectivity index (χ0n) is 7.51. The van der Waals surface area contributed by atoms with Crippen molar-refractivity contribution in [2.45, 2.75) is 6.92 Å². The van der Waals surface area contributed by atoms with Crippen molar-refractivity contribution in [3.8, 4) is 0 Å². The van der Waals surface area contributed by atoms with E-state index in [1.54, 1.807) is 21.0 Å². The summed E-state index contributed by atoms with van der Waals surface area (Å²) in [6.45, 7) is 1.69. The van der Waals surface area contributed by atoms with Crippen LogP contribution in [-0.4, -0.2) is 26.3 Å². The van der Waals surface area contributed by atoms with Gasteiger partial charge in [0.1, 0.15) is 11.5 Å². The second-order valence-electron chi connectivity index (χ2n) is 2.14. The Balaban J connectivity index is 4.74. The number of nitrogens with two attached hydrogens (primary N) is 1. The predicted molar refractivity (Wildman–Crippen MR) is 48.5 cm³/mol. The molecule has 0 aromatic carbocycles. The van der Waals surface area contributed by atoms with E-state index in [1.165, 1.54) is 0 Å². The molecule has 0 aromatic heterocycles. The zero-order valence-corrected chi connectivity index (χ0v) is 7.51. The van der Waals surface area contributed by atoms with Gasteiger partial charge >= 0.3 is 0 Å². The first-order valence-corrected chi connectivity index (χ1v) is 3.48. The number of rotatable bonds is 3. The van der Waals surface area contributed by atoms with E-state index in [1.807, 2.05) is 0 Å². The van der Waals surface area contributed by atoms with Crippen LogP contribution in [0.3, 0.4) is 0 Å². The largest absolute Gasteiger partial charge is 0.400 e. The maximum absolute atomic E-state index is 10.2. The number of carbonyl (C=O) groups is 1. The van der Waals surface area contributed by atoms with Gasteiger partial charge in [-0.25, -0.2) is 0 Å². The molecule has 4 N–H and O–H groups in total. The highest BCUT2D eigenvalue weighted by Crippen LogP contribution is 1.94. The molecule has 0 aliphatic carbocycles. The van der Waals surface area contributed by atoms with Crippen LogP contribution >= 0.6 is 0 Å². The van der Waals surface area contributed by atoms with Crippen LogP contribution in [0.1, 0.15) is 6.92 Å². The lowest BCUT2D eigenvalue weighted by Gasteiger charge is -2.09. The Morgan fingerprint density at radius 1 is 1.58 bits per heavy atom. The average Bonchev–Trinajstić information content (AvgIpc) is 2.05. The van der Waals surface area contributed by atoms with Gasteiger partial charge in [-0.05, 0) is 6.92 Å². The average molecular weight is 170 g/mol. The fraction of sp³-hybridized carbons (Fsp3) is 0.429. The van der Waals surface area contributed by atoms with Crippen molar-refractivity contribution < 1.29 is 4.79 Å². The molecule has 0 fully saturated rings. The molecule has 5 nitrogen and oxygen atoms in total. The zero-order chi connectivity index (χ0) is 9.56. The minimum Gasteiger partial charge on any atom is -0.400 e. The Morgan fingerprint density at radius 3 is 2.42 bits per heavy atom. The molecule has 0 aliphatic heterocycles. The molecule has 0 heterocycles. The highest BCUT2D eigenvalue weighted by atomic mass is 16.1. The van der Waals surface area contributed by atoms with Gasteiger partial charge in [0.05, 0.1) is 0 Å². The van der Waals surface area contributed by atoms with Crippen LogP contribution in [0.2, 0.25) is 0 Å². The molecule has 0 saturated carbocycles. The number of allylic oxidation sites excluding steroid dienone is 1. The van der Waals surface area contributed by atoms with Crippen molar-refractivity contribution in [3.05, 3.63) is 11.4 Å². The normalized spacial score (nSPS) is 13.4. The fourth-order valence-electron chi connectivity index (χ4n) is 0.776. The van der Waals surface area contributed by atoms with Gasteiger partial charge in [0.2, 0.25) is 6.41 Å². The Hall–Kier alpha value is -1.52. The van der Waals surface area contributed by atoms with Gasteiger partial charge < -0.3 is 16.4 Å². The second-order valence-corrected chi connectivity index (χ2v) is 2.14. The highest BCUT2D eigenvalue weighted by molar-refractivity contribution is 5.99. The monoisotopic (exact) mass is 170 g/mol. The molecule has 0 saturated heterocycles. The Morgan fingerprint density at radius 2 is 2.17 bits per heavy atom. The van der Waals surface area contributed by atoms with Crippen molar-refractivity contribution in [3.63, 3.8) is 0 Å². The van der Waals surface area contributed by atoms with Crippen molar-refractivity contribution in [2.75, 3.05) is 14.1 Å². The van der Waals surface area contributed by atoms with E-state index in [9.17, 15) is 4.79 Å². The summed E-state index contributed by atoms with van der Waals surface area (Å²) >= 11 is 0. The minimum atomic E-state index is 0.509. The SMILES string of the molecule is CN=C(NC)/C(NC=O)=C(\C)N. The number of amides is 1. The smallest absolute Gasteiger partial charge is 0.211 e. The van der Waals surface area contributed by atoms with Crippen LogP contribution in [0.15, 0.2) is 16.4 Å². The van der Waals surface area contributed by atoms with Gasteiger partial charge in [0, 0.05) is 19.8 Å². The number of carbonyl (C=O) groups excluding carboxylic acids is 1. The number of nitrogens with one attached hydrogen (secondary N) is 2. The third kappa shape index (κ3) is 2.61. The van der Waals surface area contributed by atoms with Gasteiger partial charge in [0.25, 0.3) is 0 Å². The maximum Gasteiger partial charge on any atom is 0.211 e. The summed E-state index contributed by atoms with van der Waals surface area (Å²) in [5, 5.41) is 5.27. The number of likely N-dealkylation sites (N-methyl/N-ethyl adjacent to an activating group) is 1. The maximum atomic E-state index is 10.2. The van der Waals surface area contributed by atoms with Crippen LogP contribution in [-0.2, 0) is 4.79 Å². The third-order valence-corrected chi connectivity index (χ3v) is 1.29. The van der Waals surface area contributed by atoms with Gasteiger partial charge in [-0.2, -0.15) is 0 Å². The van der Waals surface area contributed by atoms with Gasteiger partial charge in [0.15, 0.2) is 0 Å². The van der Waals surface area contributed by atoms with Crippen molar-refractivity contribution in [1.29, 1.82) is 0 Å². The molecule has 0 rings (SSSR count). The van der Waals surface area contributed by atoms with Gasteiger partial charge in [-0.3, -0.25) is 9.79 Å². The molecule has 0 aromatic rings. The molecular formula is C7H14N4O. The standard InChI is InChI=1S/C7H14N4O/c1-5(8)6(11-4-12)7(9-2)10-3/h4H,8H2,1-3H3,(H,9,10)(H,11,12)/b6-5-. The van der Waals surface area contributed by atoms with Gasteiger partial charge in [-0.1, -0.05) is 0 Å². The number of hydrogen-bond donors (Lipinski definition) is 3. The Kier molecular flexibility index (Phi) is 4.52. The topological polar surface area (TPSA) is 79.5 Å². The van der Waals surface area contributed by atoms with E-state index in [4.69, 9.17) is 5.73 Å². The molecule has 0 atom stereocenters. The lowest BCUT2D eigenvalue weighted by atomic mass is 10.3. The van der Waals surface area contributed by atoms with E-state index in [2.05, 4.69) is 15.6 Å². The van der Waals surface area contributed by atoms with Crippen LogP contribution in [0.4, 0.5) is 0 Å². The summed E-state index contributed by atoms with van der Waals surface area (Å²) in [7, 11) is 3.32.